The first kappa shape index (κ1) is 13.5. The van der Waals surface area contributed by atoms with E-state index in [1.165, 1.54) is 6.26 Å². The Hall–Kier alpha value is -1.50. The molecule has 0 spiro atoms. The molecule has 2 aromatic heterocycles. The lowest BCUT2D eigenvalue weighted by atomic mass is 10.2. The van der Waals surface area contributed by atoms with E-state index in [1.54, 1.807) is 46.9 Å². The number of sulfone groups is 1. The van der Waals surface area contributed by atoms with Gasteiger partial charge in [0.15, 0.2) is 9.84 Å². The second-order valence-electron chi connectivity index (χ2n) is 4.31. The number of nitrogens with zero attached hydrogens (tertiary/aromatic N) is 1. The number of benzene rings is 1. The van der Waals surface area contributed by atoms with Crippen molar-refractivity contribution in [2.75, 3.05) is 6.26 Å². The molecule has 0 saturated carbocycles. The van der Waals surface area contributed by atoms with Gasteiger partial charge in [0, 0.05) is 17.2 Å². The second kappa shape index (κ2) is 5.12. The maximum atomic E-state index is 11.4. The van der Waals surface area contributed by atoms with Crippen LogP contribution in [0.3, 0.4) is 0 Å². The third-order valence-corrected chi connectivity index (χ3v) is 5.82. The van der Waals surface area contributed by atoms with Crippen LogP contribution in [0.2, 0.25) is 0 Å². The van der Waals surface area contributed by atoms with Gasteiger partial charge in [-0.3, -0.25) is 0 Å². The van der Waals surface area contributed by atoms with Gasteiger partial charge in [-0.1, -0.05) is 18.2 Å². The topological polar surface area (TPSA) is 47.0 Å². The Kier molecular flexibility index (Phi) is 3.45. The maximum Gasteiger partial charge on any atom is 0.175 e. The predicted molar refractivity (Wildman–Crippen MR) is 84.0 cm³/mol. The summed E-state index contributed by atoms with van der Waals surface area (Å²) in [5.74, 6) is 0. The molecule has 0 radical (unpaired) electrons. The Bertz CT molecular complexity index is 816. The highest BCUT2D eigenvalue weighted by molar-refractivity contribution is 7.90. The van der Waals surface area contributed by atoms with Crippen molar-refractivity contribution >= 4 is 32.5 Å². The van der Waals surface area contributed by atoms with Crippen molar-refractivity contribution in [3.63, 3.8) is 0 Å². The van der Waals surface area contributed by atoms with Gasteiger partial charge in [0.05, 0.1) is 15.5 Å². The van der Waals surface area contributed by atoms with Gasteiger partial charge < -0.3 is 0 Å². The van der Waals surface area contributed by atoms with E-state index in [1.807, 2.05) is 22.9 Å². The third kappa shape index (κ3) is 2.67. The molecular formula is C14H11NO2S3. The molecule has 0 aliphatic rings. The standard InChI is InChI=1S/C14H11NO2S3/c1-20(16,17)11-6-4-10(5-7-11)12-9-19-14(15-12)13-3-2-8-18-13/h2-9H,1H3. The quantitative estimate of drug-likeness (QED) is 0.734. The van der Waals surface area contributed by atoms with Gasteiger partial charge in [0.25, 0.3) is 0 Å². The van der Waals surface area contributed by atoms with Crippen LogP contribution in [0.5, 0.6) is 0 Å². The summed E-state index contributed by atoms with van der Waals surface area (Å²) in [4.78, 5) is 6.07. The summed E-state index contributed by atoms with van der Waals surface area (Å²) < 4.78 is 22.9. The molecule has 3 nitrogen and oxygen atoms in total. The van der Waals surface area contributed by atoms with E-state index >= 15 is 0 Å². The van der Waals surface area contributed by atoms with Crippen molar-refractivity contribution in [1.29, 1.82) is 0 Å². The summed E-state index contributed by atoms with van der Waals surface area (Å²) in [5.41, 5.74) is 1.80. The van der Waals surface area contributed by atoms with Crippen LogP contribution in [-0.2, 0) is 9.84 Å². The van der Waals surface area contributed by atoms with Gasteiger partial charge in [0.2, 0.25) is 0 Å². The molecule has 0 aliphatic carbocycles. The van der Waals surface area contributed by atoms with Crippen molar-refractivity contribution < 1.29 is 8.42 Å². The van der Waals surface area contributed by atoms with Crippen LogP contribution < -0.4 is 0 Å². The fraction of sp³-hybridized carbons (Fsp3) is 0.0714. The summed E-state index contributed by atoms with van der Waals surface area (Å²) in [7, 11) is -3.15. The molecule has 0 atom stereocenters. The van der Waals surface area contributed by atoms with Crippen molar-refractivity contribution in [2.24, 2.45) is 0 Å². The number of thiophene rings is 1. The van der Waals surface area contributed by atoms with E-state index in [2.05, 4.69) is 4.98 Å². The molecule has 102 valence electrons. The van der Waals surface area contributed by atoms with E-state index in [9.17, 15) is 8.42 Å². The van der Waals surface area contributed by atoms with Gasteiger partial charge in [-0.25, -0.2) is 13.4 Å². The van der Waals surface area contributed by atoms with Gasteiger partial charge >= 0.3 is 0 Å². The van der Waals surface area contributed by atoms with Crippen molar-refractivity contribution in [1.82, 2.24) is 4.98 Å². The van der Waals surface area contributed by atoms with Crippen LogP contribution in [-0.4, -0.2) is 19.7 Å². The SMILES string of the molecule is CS(=O)(=O)c1ccc(-c2csc(-c3cccs3)n2)cc1. The van der Waals surface area contributed by atoms with Crippen LogP contribution in [0, 0.1) is 0 Å². The first-order valence-corrected chi connectivity index (χ1v) is 9.49. The Morgan fingerprint density at radius 1 is 1.05 bits per heavy atom. The van der Waals surface area contributed by atoms with E-state index in [0.717, 1.165) is 21.1 Å². The molecule has 0 fully saturated rings. The highest BCUT2D eigenvalue weighted by Gasteiger charge is 2.10. The lowest BCUT2D eigenvalue weighted by Crippen LogP contribution is -1.96. The van der Waals surface area contributed by atoms with E-state index < -0.39 is 9.84 Å². The van der Waals surface area contributed by atoms with Crippen LogP contribution >= 0.6 is 22.7 Å². The fourth-order valence-electron chi connectivity index (χ4n) is 1.79. The van der Waals surface area contributed by atoms with Crippen LogP contribution in [0.15, 0.2) is 52.1 Å². The van der Waals surface area contributed by atoms with E-state index in [0.29, 0.717) is 4.90 Å². The summed E-state index contributed by atoms with van der Waals surface area (Å²) in [6.45, 7) is 0. The molecule has 0 aliphatic heterocycles. The van der Waals surface area contributed by atoms with Gasteiger partial charge in [-0.15, -0.1) is 22.7 Å². The van der Waals surface area contributed by atoms with Crippen molar-refractivity contribution in [2.45, 2.75) is 4.90 Å². The number of hydrogen-bond acceptors (Lipinski definition) is 5. The van der Waals surface area contributed by atoms with Gasteiger partial charge in [-0.2, -0.15) is 0 Å². The highest BCUT2D eigenvalue weighted by atomic mass is 32.2. The molecule has 0 amide bonds. The van der Waals surface area contributed by atoms with Crippen LogP contribution in [0.25, 0.3) is 21.1 Å². The zero-order valence-electron chi connectivity index (χ0n) is 10.6. The summed E-state index contributed by atoms with van der Waals surface area (Å²) in [6.07, 6.45) is 1.21. The lowest BCUT2D eigenvalue weighted by molar-refractivity contribution is 0.602. The molecule has 2 heterocycles. The molecule has 20 heavy (non-hydrogen) atoms. The minimum absolute atomic E-state index is 0.329. The van der Waals surface area contributed by atoms with E-state index in [4.69, 9.17) is 0 Å². The first-order chi connectivity index (χ1) is 9.54. The van der Waals surface area contributed by atoms with Crippen LogP contribution in [0.1, 0.15) is 0 Å². The number of aromatic nitrogens is 1. The maximum absolute atomic E-state index is 11.4. The van der Waals surface area contributed by atoms with E-state index in [-0.39, 0.29) is 0 Å². The number of hydrogen-bond donors (Lipinski definition) is 0. The van der Waals surface area contributed by atoms with Crippen LogP contribution in [0.4, 0.5) is 0 Å². The molecule has 6 heteroatoms. The zero-order valence-corrected chi connectivity index (χ0v) is 13.1. The van der Waals surface area contributed by atoms with Gasteiger partial charge in [0.1, 0.15) is 5.01 Å². The molecule has 0 N–H and O–H groups in total. The lowest BCUT2D eigenvalue weighted by Gasteiger charge is -2.00. The summed E-state index contributed by atoms with van der Waals surface area (Å²) >= 11 is 3.25. The fourth-order valence-corrected chi connectivity index (χ4v) is 4.07. The largest absolute Gasteiger partial charge is 0.235 e. The number of thiazole rings is 1. The molecule has 0 unspecified atom stereocenters. The minimum atomic E-state index is -3.15. The Morgan fingerprint density at radius 3 is 2.40 bits per heavy atom. The molecule has 1 aromatic carbocycles. The van der Waals surface area contributed by atoms with Crippen molar-refractivity contribution in [3.8, 4) is 21.1 Å². The Labute approximate surface area is 125 Å². The van der Waals surface area contributed by atoms with Gasteiger partial charge in [-0.05, 0) is 23.6 Å². The molecule has 0 saturated heterocycles. The smallest absolute Gasteiger partial charge is 0.175 e. The Balaban J connectivity index is 1.94. The average molecular weight is 321 g/mol. The second-order valence-corrected chi connectivity index (χ2v) is 8.13. The number of rotatable bonds is 3. The third-order valence-electron chi connectivity index (χ3n) is 2.81. The Morgan fingerprint density at radius 2 is 1.80 bits per heavy atom. The molecular weight excluding hydrogens is 310 g/mol. The molecule has 3 aromatic rings. The molecule has 0 bridgehead atoms. The highest BCUT2D eigenvalue weighted by Crippen LogP contribution is 2.31. The predicted octanol–water partition coefficient (Wildman–Crippen LogP) is 3.94. The zero-order chi connectivity index (χ0) is 14.2. The average Bonchev–Trinajstić information content (AvgIpc) is 3.09. The normalized spacial score (nSPS) is 11.7. The first-order valence-electron chi connectivity index (χ1n) is 5.84. The van der Waals surface area contributed by atoms with Crippen molar-refractivity contribution in [3.05, 3.63) is 47.2 Å². The summed E-state index contributed by atoms with van der Waals surface area (Å²) in [5, 5.41) is 5.00. The monoisotopic (exact) mass is 321 g/mol. The molecule has 3 rings (SSSR count). The minimum Gasteiger partial charge on any atom is -0.235 e. The summed E-state index contributed by atoms with van der Waals surface area (Å²) in [6, 6.07) is 10.9.